The largest absolute Gasteiger partial charge is 0.464 e. The summed E-state index contributed by atoms with van der Waals surface area (Å²) in [6, 6.07) is 19.5. The van der Waals surface area contributed by atoms with Gasteiger partial charge >= 0.3 is 0 Å². The van der Waals surface area contributed by atoms with Crippen molar-refractivity contribution in [3.63, 3.8) is 0 Å². The van der Waals surface area contributed by atoms with Crippen LogP contribution in [0.3, 0.4) is 0 Å². The third-order valence-corrected chi connectivity index (χ3v) is 6.78. The SMILES string of the molecule is CCC(C(=O)N(CC(=O)N(Cc1ccc(F)cc1)Cc1ccc(C)o1)CC1CCCO1)c1ccccc1. The van der Waals surface area contributed by atoms with E-state index in [1.165, 1.54) is 12.1 Å². The lowest BCUT2D eigenvalue weighted by molar-refractivity contribution is -0.143. The summed E-state index contributed by atoms with van der Waals surface area (Å²) in [4.78, 5) is 30.9. The smallest absolute Gasteiger partial charge is 0.242 e. The van der Waals surface area contributed by atoms with Crippen LogP contribution in [0.5, 0.6) is 0 Å². The van der Waals surface area contributed by atoms with Crippen molar-refractivity contribution >= 4 is 11.8 Å². The van der Waals surface area contributed by atoms with E-state index in [1.807, 2.05) is 56.3 Å². The van der Waals surface area contributed by atoms with Crippen LogP contribution in [0.1, 0.15) is 54.8 Å². The number of ether oxygens (including phenoxy) is 1. The first-order valence-corrected chi connectivity index (χ1v) is 13.0. The zero-order valence-corrected chi connectivity index (χ0v) is 21.6. The second kappa shape index (κ2) is 12.7. The van der Waals surface area contributed by atoms with Gasteiger partial charge in [0, 0.05) is 19.7 Å². The summed E-state index contributed by atoms with van der Waals surface area (Å²) < 4.78 is 25.1. The number of nitrogens with zero attached hydrogens (tertiary/aromatic N) is 2. The van der Waals surface area contributed by atoms with Crippen LogP contribution in [-0.4, -0.2) is 47.4 Å². The molecule has 7 heteroatoms. The zero-order valence-electron chi connectivity index (χ0n) is 21.6. The fourth-order valence-electron chi connectivity index (χ4n) is 4.79. The molecular weight excluding hydrogens is 471 g/mol. The Hall–Kier alpha value is -3.45. The van der Waals surface area contributed by atoms with E-state index in [4.69, 9.17) is 9.15 Å². The number of carbonyl (C=O) groups is 2. The summed E-state index contributed by atoms with van der Waals surface area (Å²) >= 11 is 0. The van der Waals surface area contributed by atoms with Gasteiger partial charge in [0.2, 0.25) is 11.8 Å². The Labute approximate surface area is 218 Å². The van der Waals surface area contributed by atoms with Crippen molar-refractivity contribution in [3.05, 3.63) is 95.2 Å². The first kappa shape index (κ1) is 26.6. The molecule has 0 radical (unpaired) electrons. The van der Waals surface area contributed by atoms with Crippen LogP contribution >= 0.6 is 0 Å². The highest BCUT2D eigenvalue weighted by molar-refractivity contribution is 5.88. The van der Waals surface area contributed by atoms with Gasteiger partial charge in [-0.2, -0.15) is 0 Å². The Morgan fingerprint density at radius 2 is 1.76 bits per heavy atom. The molecule has 3 aromatic rings. The quantitative estimate of drug-likeness (QED) is 0.347. The van der Waals surface area contributed by atoms with Gasteiger partial charge in [0.25, 0.3) is 0 Å². The molecule has 196 valence electrons. The van der Waals surface area contributed by atoms with Crippen LogP contribution in [0, 0.1) is 12.7 Å². The monoisotopic (exact) mass is 506 g/mol. The normalized spacial score (nSPS) is 15.9. The molecule has 1 aromatic heterocycles. The molecule has 37 heavy (non-hydrogen) atoms. The second-order valence-electron chi connectivity index (χ2n) is 9.61. The highest BCUT2D eigenvalue weighted by atomic mass is 19.1. The highest BCUT2D eigenvalue weighted by Gasteiger charge is 2.31. The molecule has 0 N–H and O–H groups in total. The molecule has 0 bridgehead atoms. The lowest BCUT2D eigenvalue weighted by atomic mass is 9.94. The standard InChI is InChI=1S/C30H35FN2O4/c1-3-28(24-8-5-4-6-9-24)30(35)33(19-26-10-7-17-36-26)21-29(34)32(20-27-16-11-22(2)37-27)18-23-12-14-25(31)15-13-23/h4-6,8-9,11-16,26,28H,3,7,10,17-21H2,1-2H3. The average Bonchev–Trinajstić information content (AvgIpc) is 3.57. The number of hydrogen-bond donors (Lipinski definition) is 0. The third kappa shape index (κ3) is 7.29. The van der Waals surface area contributed by atoms with E-state index in [1.54, 1.807) is 21.9 Å². The number of furan rings is 1. The maximum Gasteiger partial charge on any atom is 0.242 e. The Morgan fingerprint density at radius 3 is 2.38 bits per heavy atom. The van der Waals surface area contributed by atoms with Crippen molar-refractivity contribution in [1.82, 2.24) is 9.80 Å². The maximum absolute atomic E-state index is 13.8. The Kier molecular flexibility index (Phi) is 9.12. The van der Waals surface area contributed by atoms with Gasteiger partial charge in [-0.05, 0) is 61.6 Å². The molecule has 0 aliphatic carbocycles. The predicted octanol–water partition coefficient (Wildman–Crippen LogP) is 5.46. The van der Waals surface area contributed by atoms with E-state index in [0.717, 1.165) is 29.7 Å². The number of rotatable bonds is 11. The van der Waals surface area contributed by atoms with Crippen molar-refractivity contribution in [2.24, 2.45) is 0 Å². The molecule has 2 heterocycles. The van der Waals surface area contributed by atoms with Crippen molar-refractivity contribution < 1.29 is 23.1 Å². The first-order valence-electron chi connectivity index (χ1n) is 13.0. The van der Waals surface area contributed by atoms with Gasteiger partial charge in [-0.15, -0.1) is 0 Å². The van der Waals surface area contributed by atoms with E-state index in [9.17, 15) is 14.0 Å². The molecular formula is C30H35FN2O4. The summed E-state index contributed by atoms with van der Waals surface area (Å²) in [5.74, 6) is 0.464. The molecule has 1 fully saturated rings. The average molecular weight is 507 g/mol. The molecule has 1 saturated heterocycles. The minimum atomic E-state index is -0.339. The van der Waals surface area contributed by atoms with Gasteiger partial charge in [0.1, 0.15) is 17.3 Å². The summed E-state index contributed by atoms with van der Waals surface area (Å²) in [5, 5.41) is 0. The van der Waals surface area contributed by atoms with Crippen LogP contribution in [0.15, 0.2) is 71.1 Å². The van der Waals surface area contributed by atoms with Crippen molar-refractivity contribution in [3.8, 4) is 0 Å². The van der Waals surface area contributed by atoms with Gasteiger partial charge in [0.15, 0.2) is 0 Å². The number of carbonyl (C=O) groups excluding carboxylic acids is 2. The topological polar surface area (TPSA) is 63.0 Å². The molecule has 2 unspecified atom stereocenters. The lowest BCUT2D eigenvalue weighted by Crippen LogP contribution is -2.46. The summed E-state index contributed by atoms with van der Waals surface area (Å²) in [7, 11) is 0. The van der Waals surface area contributed by atoms with Gasteiger partial charge in [-0.3, -0.25) is 9.59 Å². The van der Waals surface area contributed by atoms with Gasteiger partial charge in [-0.25, -0.2) is 4.39 Å². The van der Waals surface area contributed by atoms with E-state index >= 15 is 0 Å². The highest BCUT2D eigenvalue weighted by Crippen LogP contribution is 2.24. The second-order valence-corrected chi connectivity index (χ2v) is 9.61. The van der Waals surface area contributed by atoms with Gasteiger partial charge < -0.3 is 19.0 Å². The summed E-state index contributed by atoms with van der Waals surface area (Å²) in [5.41, 5.74) is 1.74. The fourth-order valence-corrected chi connectivity index (χ4v) is 4.79. The summed E-state index contributed by atoms with van der Waals surface area (Å²) in [6.45, 7) is 5.35. The predicted molar refractivity (Wildman–Crippen MR) is 139 cm³/mol. The molecule has 2 atom stereocenters. The van der Waals surface area contributed by atoms with Crippen LogP contribution in [0.25, 0.3) is 0 Å². The molecule has 6 nitrogen and oxygen atoms in total. The van der Waals surface area contributed by atoms with Gasteiger partial charge in [0.05, 0.1) is 25.1 Å². The third-order valence-electron chi connectivity index (χ3n) is 6.78. The van der Waals surface area contributed by atoms with Crippen molar-refractivity contribution in [2.45, 2.75) is 58.2 Å². The number of halogens is 1. The van der Waals surface area contributed by atoms with E-state index in [2.05, 4.69) is 0 Å². The number of amides is 2. The zero-order chi connectivity index (χ0) is 26.2. The molecule has 1 aliphatic heterocycles. The van der Waals surface area contributed by atoms with Crippen LogP contribution in [-0.2, 0) is 27.4 Å². The fraction of sp³-hybridized carbons (Fsp3) is 0.400. The number of aryl methyl sites for hydroxylation is 1. The van der Waals surface area contributed by atoms with E-state index < -0.39 is 0 Å². The van der Waals surface area contributed by atoms with Crippen LogP contribution < -0.4 is 0 Å². The lowest BCUT2D eigenvalue weighted by Gasteiger charge is -2.31. The maximum atomic E-state index is 13.8. The van der Waals surface area contributed by atoms with Crippen molar-refractivity contribution in [2.75, 3.05) is 19.7 Å². The molecule has 4 rings (SSSR count). The van der Waals surface area contributed by atoms with E-state index in [-0.39, 0.29) is 49.3 Å². The molecule has 2 aromatic carbocycles. The Bertz CT molecular complexity index is 1160. The van der Waals surface area contributed by atoms with E-state index in [0.29, 0.717) is 25.3 Å². The minimum Gasteiger partial charge on any atom is -0.464 e. The molecule has 2 amide bonds. The van der Waals surface area contributed by atoms with Gasteiger partial charge in [-0.1, -0.05) is 49.4 Å². The Balaban J connectivity index is 1.56. The van der Waals surface area contributed by atoms with Crippen molar-refractivity contribution in [1.29, 1.82) is 0 Å². The molecule has 0 spiro atoms. The molecule has 0 saturated carbocycles. The van der Waals surface area contributed by atoms with Crippen LogP contribution in [0.4, 0.5) is 4.39 Å². The minimum absolute atomic E-state index is 0.0666. The van der Waals surface area contributed by atoms with Crippen LogP contribution in [0.2, 0.25) is 0 Å². The molecule has 1 aliphatic rings. The number of benzene rings is 2. The Morgan fingerprint density at radius 1 is 1.00 bits per heavy atom. The first-order chi connectivity index (χ1) is 17.9. The summed E-state index contributed by atoms with van der Waals surface area (Å²) in [6.07, 6.45) is 2.36. The number of hydrogen-bond acceptors (Lipinski definition) is 4.